The maximum Gasteiger partial charge on any atom is 0.0504 e. The van der Waals surface area contributed by atoms with Gasteiger partial charge in [-0.25, -0.2) is 0 Å². The summed E-state index contributed by atoms with van der Waals surface area (Å²) in [5.41, 5.74) is 4.17. The summed E-state index contributed by atoms with van der Waals surface area (Å²) in [7, 11) is 0. The molecule has 0 saturated carbocycles. The third-order valence-electron chi connectivity index (χ3n) is 6.36. The van der Waals surface area contributed by atoms with Crippen LogP contribution in [-0.4, -0.2) is 0 Å². The number of benzene rings is 5. The molecule has 0 aliphatic rings. The number of fused-ring (bicyclic) bond motifs is 3. The summed E-state index contributed by atoms with van der Waals surface area (Å²) >= 11 is 0. The van der Waals surface area contributed by atoms with Gasteiger partial charge in [-0.05, 0) is 62.9 Å². The fraction of sp³-hybridized carbons (Fsp3) is 0.143. The van der Waals surface area contributed by atoms with E-state index in [1.54, 1.807) is 0 Å². The first-order chi connectivity index (χ1) is 17.0. The van der Waals surface area contributed by atoms with Crippen LogP contribution in [0.3, 0.4) is 0 Å². The van der Waals surface area contributed by atoms with E-state index < -0.39 is 0 Å². The van der Waals surface area contributed by atoms with E-state index in [0.29, 0.717) is 0 Å². The molecule has 0 heterocycles. The van der Waals surface area contributed by atoms with Crippen LogP contribution in [0.1, 0.15) is 48.9 Å². The summed E-state index contributed by atoms with van der Waals surface area (Å²) in [6, 6.07) is 38.1. The Balaban J connectivity index is 1.57. The van der Waals surface area contributed by atoms with Crippen molar-refractivity contribution < 1.29 is 0 Å². The Morgan fingerprint density at radius 2 is 1.14 bits per heavy atom. The van der Waals surface area contributed by atoms with Gasteiger partial charge in [0.1, 0.15) is 0 Å². The highest BCUT2D eigenvalue weighted by Crippen LogP contribution is 2.37. The fourth-order valence-corrected chi connectivity index (χ4v) is 4.51. The molecule has 35 heavy (non-hydrogen) atoms. The van der Waals surface area contributed by atoms with Crippen molar-refractivity contribution in [1.29, 1.82) is 0 Å². The maximum atomic E-state index is 3.63. The van der Waals surface area contributed by atoms with Crippen molar-refractivity contribution in [3.05, 3.63) is 131 Å². The molecule has 5 rings (SSSR count). The van der Waals surface area contributed by atoms with Crippen molar-refractivity contribution in [2.24, 2.45) is 5.41 Å². The lowest BCUT2D eigenvalue weighted by Crippen LogP contribution is -2.17. The van der Waals surface area contributed by atoms with Gasteiger partial charge in [0.05, 0.1) is 5.92 Å². The lowest BCUT2D eigenvalue weighted by Gasteiger charge is -2.27. The highest BCUT2D eigenvalue weighted by atomic mass is 14.3. The van der Waals surface area contributed by atoms with Gasteiger partial charge >= 0.3 is 0 Å². The zero-order valence-corrected chi connectivity index (χ0v) is 20.5. The minimum absolute atomic E-state index is 0.0179. The highest BCUT2D eigenvalue weighted by molar-refractivity contribution is 6.07. The molecule has 0 aliphatic carbocycles. The molecule has 0 bridgehead atoms. The molecule has 5 aromatic rings. The van der Waals surface area contributed by atoms with Gasteiger partial charge in [-0.1, -0.05) is 123 Å². The van der Waals surface area contributed by atoms with Gasteiger partial charge < -0.3 is 0 Å². The van der Waals surface area contributed by atoms with Crippen LogP contribution in [0.5, 0.6) is 0 Å². The largest absolute Gasteiger partial charge is 0.0891 e. The van der Waals surface area contributed by atoms with Crippen molar-refractivity contribution >= 4 is 21.5 Å². The second-order valence-electron chi connectivity index (χ2n) is 10.00. The van der Waals surface area contributed by atoms with E-state index in [1.165, 1.54) is 27.1 Å². The van der Waals surface area contributed by atoms with Crippen LogP contribution in [0, 0.1) is 29.1 Å². The predicted molar refractivity (Wildman–Crippen MR) is 149 cm³/mol. The first kappa shape index (κ1) is 22.5. The van der Waals surface area contributed by atoms with Gasteiger partial charge in [-0.3, -0.25) is 0 Å². The molecule has 168 valence electrons. The Bertz CT molecular complexity index is 1620. The summed E-state index contributed by atoms with van der Waals surface area (Å²) in [6.07, 6.45) is 0. The van der Waals surface area contributed by atoms with Gasteiger partial charge in [0.15, 0.2) is 0 Å². The van der Waals surface area contributed by atoms with Crippen LogP contribution < -0.4 is 0 Å². The van der Waals surface area contributed by atoms with E-state index >= 15 is 0 Å². The second kappa shape index (κ2) is 9.54. The number of hydrogen-bond acceptors (Lipinski definition) is 0. The van der Waals surface area contributed by atoms with E-state index in [-0.39, 0.29) is 11.3 Å². The molecular weight excluding hydrogens is 420 g/mol. The summed E-state index contributed by atoms with van der Waals surface area (Å²) in [5, 5.41) is 5.09. The third-order valence-corrected chi connectivity index (χ3v) is 6.36. The first-order valence-electron chi connectivity index (χ1n) is 12.1. The lowest BCUT2D eigenvalue weighted by atomic mass is 9.76. The van der Waals surface area contributed by atoms with Gasteiger partial charge in [-0.2, -0.15) is 0 Å². The second-order valence-corrected chi connectivity index (χ2v) is 10.00. The van der Waals surface area contributed by atoms with Crippen molar-refractivity contribution in [1.82, 2.24) is 0 Å². The molecule has 0 radical (unpaired) electrons. The first-order valence-corrected chi connectivity index (χ1v) is 12.1. The van der Waals surface area contributed by atoms with Crippen LogP contribution in [0.4, 0.5) is 0 Å². The molecule has 0 fully saturated rings. The summed E-state index contributed by atoms with van der Waals surface area (Å²) in [6.45, 7) is 6.79. The van der Waals surface area contributed by atoms with Crippen LogP contribution >= 0.6 is 0 Å². The summed E-state index contributed by atoms with van der Waals surface area (Å²) in [5.74, 6) is 13.8. The standard InChI is InChI=1S/C35H28/c1-35(2,3)34(31-22-21-30-20-19-29-15-9-10-16-32(29)33(30)25-31)24-23-28-14-8-7-13-27(28)18-17-26-11-5-4-6-12-26/h4-16,19-22,25,34H,1-3H3. The quantitative estimate of drug-likeness (QED) is 0.178. The molecule has 0 aromatic heterocycles. The normalized spacial score (nSPS) is 11.9. The third kappa shape index (κ3) is 4.99. The minimum atomic E-state index is -0.0179. The molecule has 1 atom stereocenters. The van der Waals surface area contributed by atoms with Gasteiger partial charge in [0.2, 0.25) is 0 Å². The van der Waals surface area contributed by atoms with Gasteiger partial charge in [0, 0.05) is 16.7 Å². The molecule has 1 unspecified atom stereocenters. The predicted octanol–water partition coefficient (Wildman–Crippen LogP) is 8.57. The monoisotopic (exact) mass is 448 g/mol. The molecule has 0 spiro atoms. The topological polar surface area (TPSA) is 0 Å². The Morgan fingerprint density at radius 3 is 1.89 bits per heavy atom. The van der Waals surface area contributed by atoms with E-state index in [2.05, 4.69) is 105 Å². The van der Waals surface area contributed by atoms with E-state index in [4.69, 9.17) is 0 Å². The van der Waals surface area contributed by atoms with Crippen molar-refractivity contribution in [2.45, 2.75) is 26.7 Å². The molecule has 0 aliphatic heterocycles. The zero-order chi connectivity index (χ0) is 24.3. The molecule has 5 aromatic carbocycles. The Kier molecular flexibility index (Phi) is 6.14. The average molecular weight is 449 g/mol. The van der Waals surface area contributed by atoms with Crippen LogP contribution in [0.2, 0.25) is 0 Å². The lowest BCUT2D eigenvalue weighted by molar-refractivity contribution is 0.375. The Hall–Kier alpha value is -4.26. The van der Waals surface area contributed by atoms with Gasteiger partial charge in [-0.15, -0.1) is 0 Å². The molecule has 0 heteroatoms. The van der Waals surface area contributed by atoms with E-state index in [0.717, 1.165) is 16.7 Å². The maximum absolute atomic E-state index is 3.63. The van der Waals surface area contributed by atoms with Gasteiger partial charge in [0.25, 0.3) is 0 Å². The molecule has 0 saturated heterocycles. The molecule has 0 N–H and O–H groups in total. The zero-order valence-electron chi connectivity index (χ0n) is 20.5. The van der Waals surface area contributed by atoms with E-state index in [9.17, 15) is 0 Å². The number of hydrogen-bond donors (Lipinski definition) is 0. The summed E-state index contributed by atoms with van der Waals surface area (Å²) < 4.78 is 0. The van der Waals surface area contributed by atoms with Crippen molar-refractivity contribution in [3.8, 4) is 23.7 Å². The van der Waals surface area contributed by atoms with Crippen LogP contribution in [0.15, 0.2) is 109 Å². The van der Waals surface area contributed by atoms with Crippen molar-refractivity contribution in [3.63, 3.8) is 0 Å². The Labute approximate surface area is 208 Å². The van der Waals surface area contributed by atoms with Crippen LogP contribution in [0.25, 0.3) is 21.5 Å². The molecule has 0 nitrogen and oxygen atoms in total. The smallest absolute Gasteiger partial charge is 0.0504 e. The summed E-state index contributed by atoms with van der Waals surface area (Å²) in [4.78, 5) is 0. The van der Waals surface area contributed by atoms with Crippen molar-refractivity contribution in [2.75, 3.05) is 0 Å². The molecule has 0 amide bonds. The fourth-order valence-electron chi connectivity index (χ4n) is 4.51. The van der Waals surface area contributed by atoms with E-state index in [1.807, 2.05) is 48.5 Å². The highest BCUT2D eigenvalue weighted by Gasteiger charge is 2.25. The minimum Gasteiger partial charge on any atom is -0.0891 e. The number of rotatable bonds is 1. The average Bonchev–Trinajstić information content (AvgIpc) is 2.88. The SMILES string of the molecule is CC(C)(C)C(C#Cc1ccccc1C#Cc1ccccc1)c1ccc2ccc3ccccc3c2c1. The molecular formula is C35H28. The van der Waals surface area contributed by atoms with Crippen LogP contribution in [-0.2, 0) is 0 Å². The Morgan fingerprint density at radius 1 is 0.543 bits per heavy atom.